The number of rotatable bonds is 0. The molecule has 2 atom stereocenters. The Labute approximate surface area is 49.3 Å². The smallest absolute Gasteiger partial charge is 0.111 e. The molecule has 2 unspecified atom stereocenters. The Morgan fingerprint density at radius 3 is 2.62 bits per heavy atom. The van der Waals surface area contributed by atoms with E-state index in [0.717, 1.165) is 12.2 Å². The highest BCUT2D eigenvalue weighted by Gasteiger charge is 2.23. The van der Waals surface area contributed by atoms with Crippen molar-refractivity contribution in [3.8, 4) is 0 Å². The first kappa shape index (κ1) is 5.63. The van der Waals surface area contributed by atoms with Crippen LogP contribution in [-0.4, -0.2) is 12.1 Å². The van der Waals surface area contributed by atoms with Gasteiger partial charge in [0.25, 0.3) is 0 Å². The highest BCUT2D eigenvalue weighted by atomic mass is 16.5. The van der Waals surface area contributed by atoms with Gasteiger partial charge in [-0.05, 0) is 6.92 Å². The molecule has 0 aliphatic carbocycles. The quantitative estimate of drug-likeness (QED) is 0.500. The van der Waals surface area contributed by atoms with Crippen LogP contribution in [0.3, 0.4) is 0 Å². The zero-order valence-electron chi connectivity index (χ0n) is 5.05. The molecule has 2 heteroatoms. The van der Waals surface area contributed by atoms with Gasteiger partial charge in [-0.2, -0.15) is 0 Å². The van der Waals surface area contributed by atoms with E-state index in [1.54, 1.807) is 0 Å². The van der Waals surface area contributed by atoms with Gasteiger partial charge in [0.1, 0.15) is 6.10 Å². The van der Waals surface area contributed by atoms with Crippen molar-refractivity contribution in [3.05, 3.63) is 12.3 Å². The summed E-state index contributed by atoms with van der Waals surface area (Å²) in [5.41, 5.74) is 5.58. The normalized spacial score (nSPS) is 37.5. The standard InChI is InChI=1S/C6H11NO/c1-4-3-6(7)5(2)8-4/h5-6H,1,3,7H2,2H3. The van der Waals surface area contributed by atoms with Gasteiger partial charge in [0, 0.05) is 12.5 Å². The summed E-state index contributed by atoms with van der Waals surface area (Å²) in [6.45, 7) is 5.61. The van der Waals surface area contributed by atoms with Gasteiger partial charge in [-0.3, -0.25) is 0 Å². The summed E-state index contributed by atoms with van der Waals surface area (Å²) < 4.78 is 5.15. The number of hydrogen-bond donors (Lipinski definition) is 1. The van der Waals surface area contributed by atoms with E-state index in [1.165, 1.54) is 0 Å². The maximum Gasteiger partial charge on any atom is 0.111 e. The van der Waals surface area contributed by atoms with Gasteiger partial charge in [0.15, 0.2) is 0 Å². The van der Waals surface area contributed by atoms with Crippen LogP contribution in [0.4, 0.5) is 0 Å². The average Bonchev–Trinajstić information content (AvgIpc) is 1.85. The molecular formula is C6H11NO. The molecule has 0 spiro atoms. The van der Waals surface area contributed by atoms with Crippen molar-refractivity contribution in [1.29, 1.82) is 0 Å². The van der Waals surface area contributed by atoms with Crippen LogP contribution in [0.2, 0.25) is 0 Å². The topological polar surface area (TPSA) is 35.2 Å². The van der Waals surface area contributed by atoms with Crippen molar-refractivity contribution < 1.29 is 4.74 Å². The molecule has 0 aromatic carbocycles. The lowest BCUT2D eigenvalue weighted by Crippen LogP contribution is -2.26. The second kappa shape index (κ2) is 1.78. The fourth-order valence-electron chi connectivity index (χ4n) is 0.827. The lowest BCUT2D eigenvalue weighted by molar-refractivity contribution is 0.169. The van der Waals surface area contributed by atoms with E-state index in [4.69, 9.17) is 10.5 Å². The summed E-state index contributed by atoms with van der Waals surface area (Å²) in [5.74, 6) is 0.824. The molecule has 46 valence electrons. The molecule has 0 aromatic rings. The summed E-state index contributed by atoms with van der Waals surface area (Å²) in [7, 11) is 0. The van der Waals surface area contributed by atoms with Crippen molar-refractivity contribution in [2.75, 3.05) is 0 Å². The summed E-state index contributed by atoms with van der Waals surface area (Å²) >= 11 is 0. The Morgan fingerprint density at radius 2 is 2.50 bits per heavy atom. The second-order valence-corrected chi connectivity index (χ2v) is 2.23. The van der Waals surface area contributed by atoms with Gasteiger partial charge in [-0.1, -0.05) is 6.58 Å². The van der Waals surface area contributed by atoms with Gasteiger partial charge in [0.05, 0.1) is 5.76 Å². The highest BCUT2D eigenvalue weighted by molar-refractivity contribution is 4.97. The molecule has 0 radical (unpaired) electrons. The minimum Gasteiger partial charge on any atom is -0.494 e. The van der Waals surface area contributed by atoms with Gasteiger partial charge >= 0.3 is 0 Å². The largest absolute Gasteiger partial charge is 0.494 e. The first-order chi connectivity index (χ1) is 3.70. The van der Waals surface area contributed by atoms with Gasteiger partial charge in [0.2, 0.25) is 0 Å². The molecule has 0 bridgehead atoms. The molecule has 0 saturated carbocycles. The maximum atomic E-state index is 5.58. The Balaban J connectivity index is 2.51. The van der Waals surface area contributed by atoms with Crippen molar-refractivity contribution in [2.45, 2.75) is 25.5 Å². The summed E-state index contributed by atoms with van der Waals surface area (Å²) in [6.07, 6.45) is 0.990. The zero-order valence-corrected chi connectivity index (χ0v) is 5.05. The summed E-state index contributed by atoms with van der Waals surface area (Å²) in [6, 6.07) is 0.169. The Bertz CT molecular complexity index is 99.1. The van der Waals surface area contributed by atoms with Crippen LogP contribution in [0.15, 0.2) is 12.3 Å². The summed E-state index contributed by atoms with van der Waals surface area (Å²) in [4.78, 5) is 0. The molecule has 1 aliphatic rings. The maximum absolute atomic E-state index is 5.58. The molecule has 8 heavy (non-hydrogen) atoms. The van der Waals surface area contributed by atoms with Crippen LogP contribution in [0.1, 0.15) is 13.3 Å². The molecule has 2 N–H and O–H groups in total. The van der Waals surface area contributed by atoms with E-state index in [2.05, 4.69) is 6.58 Å². The van der Waals surface area contributed by atoms with Crippen molar-refractivity contribution in [1.82, 2.24) is 0 Å². The monoisotopic (exact) mass is 113 g/mol. The van der Waals surface area contributed by atoms with Crippen LogP contribution in [0.25, 0.3) is 0 Å². The number of ether oxygens (including phenoxy) is 1. The Morgan fingerprint density at radius 1 is 1.88 bits per heavy atom. The number of hydrogen-bond acceptors (Lipinski definition) is 2. The van der Waals surface area contributed by atoms with Crippen LogP contribution in [0.5, 0.6) is 0 Å². The molecular weight excluding hydrogens is 102 g/mol. The SMILES string of the molecule is C=C1CC(N)C(C)O1. The van der Waals surface area contributed by atoms with E-state index >= 15 is 0 Å². The summed E-state index contributed by atoms with van der Waals surface area (Å²) in [5, 5.41) is 0. The van der Waals surface area contributed by atoms with E-state index in [9.17, 15) is 0 Å². The molecule has 0 aromatic heterocycles. The van der Waals surface area contributed by atoms with Crippen LogP contribution in [0, 0.1) is 0 Å². The van der Waals surface area contributed by atoms with Gasteiger partial charge in [-0.25, -0.2) is 0 Å². The fourth-order valence-corrected chi connectivity index (χ4v) is 0.827. The second-order valence-electron chi connectivity index (χ2n) is 2.23. The lowest BCUT2D eigenvalue weighted by atomic mass is 10.2. The third-order valence-corrected chi connectivity index (χ3v) is 1.42. The third kappa shape index (κ3) is 0.842. The first-order valence-corrected chi connectivity index (χ1v) is 2.80. The molecule has 2 nitrogen and oxygen atoms in total. The Kier molecular flexibility index (Phi) is 1.26. The molecule has 1 aliphatic heterocycles. The number of nitrogens with two attached hydrogens (primary N) is 1. The molecule has 1 fully saturated rings. The van der Waals surface area contributed by atoms with Gasteiger partial charge in [-0.15, -0.1) is 0 Å². The van der Waals surface area contributed by atoms with Crippen molar-refractivity contribution in [2.24, 2.45) is 5.73 Å². The van der Waals surface area contributed by atoms with E-state index in [0.29, 0.717) is 0 Å². The third-order valence-electron chi connectivity index (χ3n) is 1.42. The van der Waals surface area contributed by atoms with E-state index in [1.807, 2.05) is 6.92 Å². The molecule has 1 saturated heterocycles. The fraction of sp³-hybridized carbons (Fsp3) is 0.667. The minimum atomic E-state index is 0.169. The molecule has 0 amide bonds. The Hall–Kier alpha value is -0.500. The molecule has 1 rings (SSSR count). The van der Waals surface area contributed by atoms with E-state index < -0.39 is 0 Å². The predicted molar refractivity (Wildman–Crippen MR) is 32.3 cm³/mol. The first-order valence-electron chi connectivity index (χ1n) is 2.80. The lowest BCUT2D eigenvalue weighted by Gasteiger charge is -2.05. The van der Waals surface area contributed by atoms with Crippen LogP contribution >= 0.6 is 0 Å². The zero-order chi connectivity index (χ0) is 6.15. The van der Waals surface area contributed by atoms with Gasteiger partial charge < -0.3 is 10.5 Å². The van der Waals surface area contributed by atoms with Crippen molar-refractivity contribution >= 4 is 0 Å². The van der Waals surface area contributed by atoms with Crippen molar-refractivity contribution in [3.63, 3.8) is 0 Å². The molecule has 1 heterocycles. The predicted octanol–water partition coefficient (Wildman–Crippen LogP) is 0.636. The average molecular weight is 113 g/mol. The van der Waals surface area contributed by atoms with E-state index in [-0.39, 0.29) is 12.1 Å². The highest BCUT2D eigenvalue weighted by Crippen LogP contribution is 2.19. The van der Waals surface area contributed by atoms with Crippen LogP contribution < -0.4 is 5.73 Å². The minimum absolute atomic E-state index is 0.169. The van der Waals surface area contributed by atoms with Crippen LogP contribution in [-0.2, 0) is 4.74 Å².